The Bertz CT molecular complexity index is 703. The van der Waals surface area contributed by atoms with E-state index in [0.717, 1.165) is 30.9 Å². The third-order valence-corrected chi connectivity index (χ3v) is 4.36. The van der Waals surface area contributed by atoms with E-state index in [2.05, 4.69) is 20.6 Å². The average Bonchev–Trinajstić information content (AvgIpc) is 2.63. The van der Waals surface area contributed by atoms with Gasteiger partial charge in [-0.3, -0.25) is 4.79 Å². The molecule has 140 valence electrons. The molecule has 1 saturated heterocycles. The van der Waals surface area contributed by atoms with Crippen molar-refractivity contribution in [3.8, 4) is 11.8 Å². The van der Waals surface area contributed by atoms with Crippen molar-refractivity contribution >= 4 is 24.0 Å². The molecule has 1 aromatic carbocycles. The molecule has 6 nitrogen and oxygen atoms in total. The minimum Gasteiger partial charge on any atom is -0.424 e. The van der Waals surface area contributed by atoms with Crippen molar-refractivity contribution in [3.05, 3.63) is 42.2 Å². The van der Waals surface area contributed by atoms with Gasteiger partial charge < -0.3 is 15.4 Å². The molecule has 7 heteroatoms. The van der Waals surface area contributed by atoms with Crippen LogP contribution < -0.4 is 15.4 Å². The van der Waals surface area contributed by atoms with Crippen LogP contribution in [0, 0.1) is 12.8 Å². The fraction of sp³-hybridized carbons (Fsp3) is 0.421. The lowest BCUT2D eigenvalue weighted by molar-refractivity contribution is -0.116. The van der Waals surface area contributed by atoms with E-state index in [1.165, 1.54) is 12.8 Å². The molecule has 1 amide bonds. The summed E-state index contributed by atoms with van der Waals surface area (Å²) in [4.78, 5) is 20.4. The summed E-state index contributed by atoms with van der Waals surface area (Å²) in [5, 5.41) is 6.29. The number of hydrogen-bond donors (Lipinski definition) is 2. The summed E-state index contributed by atoms with van der Waals surface area (Å²) in [6, 6.07) is 9.39. The largest absolute Gasteiger partial charge is 0.424 e. The quantitative estimate of drug-likeness (QED) is 0.803. The second kappa shape index (κ2) is 10.1. The van der Waals surface area contributed by atoms with E-state index in [-0.39, 0.29) is 18.3 Å². The van der Waals surface area contributed by atoms with E-state index in [1.54, 1.807) is 18.3 Å². The topological polar surface area (TPSA) is 76.1 Å². The summed E-state index contributed by atoms with van der Waals surface area (Å²) in [6.45, 7) is 4.02. The molecule has 26 heavy (non-hydrogen) atoms. The number of halogens is 1. The summed E-state index contributed by atoms with van der Waals surface area (Å²) in [6.07, 6.45) is 5.52. The van der Waals surface area contributed by atoms with Crippen molar-refractivity contribution in [2.75, 3.05) is 18.4 Å². The number of aromatic nitrogens is 2. The first-order chi connectivity index (χ1) is 12.2. The first-order valence-corrected chi connectivity index (χ1v) is 8.77. The fourth-order valence-electron chi connectivity index (χ4n) is 2.92. The average molecular weight is 377 g/mol. The Hall–Kier alpha value is -2.18. The third-order valence-electron chi connectivity index (χ3n) is 4.36. The van der Waals surface area contributed by atoms with Crippen LogP contribution in [0.1, 0.15) is 31.4 Å². The van der Waals surface area contributed by atoms with E-state index >= 15 is 0 Å². The Balaban J connectivity index is 0.00000243. The first-order valence-electron chi connectivity index (χ1n) is 8.77. The molecule has 3 rings (SSSR count). The van der Waals surface area contributed by atoms with Gasteiger partial charge in [0.25, 0.3) is 0 Å². The maximum atomic E-state index is 12.1. The van der Waals surface area contributed by atoms with Crippen molar-refractivity contribution in [1.29, 1.82) is 0 Å². The number of aryl methyl sites for hydroxylation is 1. The number of benzene rings is 1. The number of ether oxygens (including phenoxy) is 1. The lowest BCUT2D eigenvalue weighted by Crippen LogP contribution is -2.28. The summed E-state index contributed by atoms with van der Waals surface area (Å²) in [7, 11) is 0. The van der Waals surface area contributed by atoms with Crippen LogP contribution >= 0.6 is 12.4 Å². The van der Waals surface area contributed by atoms with Crippen LogP contribution in [0.4, 0.5) is 5.69 Å². The van der Waals surface area contributed by atoms with E-state index in [4.69, 9.17) is 4.74 Å². The van der Waals surface area contributed by atoms with E-state index in [9.17, 15) is 4.79 Å². The summed E-state index contributed by atoms with van der Waals surface area (Å²) in [5.74, 6) is 1.37. The molecule has 1 aliphatic rings. The van der Waals surface area contributed by atoms with Gasteiger partial charge in [-0.15, -0.1) is 12.4 Å². The van der Waals surface area contributed by atoms with Crippen LogP contribution in [0.25, 0.3) is 0 Å². The standard InChI is InChI=1S/C19H24N4O2.ClH/c1-14-8-13-21-19(22-14)25-17-5-3-16(4-6-17)23-18(24)7-2-15-9-11-20-12-10-15;/h3-6,8,13,15,20H,2,7,9-12H2,1H3,(H,23,24);1H. The lowest BCUT2D eigenvalue weighted by atomic mass is 9.93. The summed E-state index contributed by atoms with van der Waals surface area (Å²) < 4.78 is 5.61. The van der Waals surface area contributed by atoms with E-state index < -0.39 is 0 Å². The molecule has 1 fully saturated rings. The monoisotopic (exact) mass is 376 g/mol. The Morgan fingerprint density at radius 2 is 1.96 bits per heavy atom. The van der Waals surface area contributed by atoms with Crippen LogP contribution in [0.3, 0.4) is 0 Å². The van der Waals surface area contributed by atoms with Crippen molar-refractivity contribution in [2.45, 2.75) is 32.6 Å². The number of piperidine rings is 1. The predicted molar refractivity (Wildman–Crippen MR) is 104 cm³/mol. The van der Waals surface area contributed by atoms with Crippen molar-refractivity contribution in [1.82, 2.24) is 15.3 Å². The molecule has 1 aromatic heterocycles. The number of anilines is 1. The van der Waals surface area contributed by atoms with Crippen LogP contribution in [0.5, 0.6) is 11.8 Å². The maximum absolute atomic E-state index is 12.1. The van der Waals surface area contributed by atoms with Crippen LogP contribution in [-0.4, -0.2) is 29.0 Å². The highest BCUT2D eigenvalue weighted by Crippen LogP contribution is 2.21. The van der Waals surface area contributed by atoms with Gasteiger partial charge >= 0.3 is 6.01 Å². The maximum Gasteiger partial charge on any atom is 0.322 e. The van der Waals surface area contributed by atoms with Gasteiger partial charge in [-0.05, 0) is 75.5 Å². The second-order valence-electron chi connectivity index (χ2n) is 6.39. The molecule has 1 aliphatic heterocycles. The van der Waals surface area contributed by atoms with Crippen molar-refractivity contribution in [2.24, 2.45) is 5.92 Å². The SMILES string of the molecule is Cc1ccnc(Oc2ccc(NC(=O)CCC3CCNCC3)cc2)n1.Cl. The zero-order chi connectivity index (χ0) is 17.5. The molecule has 0 radical (unpaired) electrons. The molecule has 0 spiro atoms. The predicted octanol–water partition coefficient (Wildman–Crippen LogP) is 3.72. The first kappa shape index (κ1) is 20.1. The van der Waals surface area contributed by atoms with Gasteiger partial charge in [-0.2, -0.15) is 0 Å². The van der Waals surface area contributed by atoms with Gasteiger partial charge in [-0.1, -0.05) is 0 Å². The molecule has 0 atom stereocenters. The number of nitrogens with one attached hydrogen (secondary N) is 2. The number of rotatable bonds is 6. The highest BCUT2D eigenvalue weighted by atomic mass is 35.5. The number of carbonyl (C=O) groups is 1. The highest BCUT2D eigenvalue weighted by molar-refractivity contribution is 5.90. The highest BCUT2D eigenvalue weighted by Gasteiger charge is 2.14. The Kier molecular flexibility index (Phi) is 7.81. The smallest absolute Gasteiger partial charge is 0.322 e. The summed E-state index contributed by atoms with van der Waals surface area (Å²) >= 11 is 0. The van der Waals surface area contributed by atoms with Gasteiger partial charge in [0.15, 0.2) is 0 Å². The van der Waals surface area contributed by atoms with Gasteiger partial charge in [-0.25, -0.2) is 9.97 Å². The molecule has 0 aliphatic carbocycles. The van der Waals surface area contributed by atoms with Crippen LogP contribution in [-0.2, 0) is 4.79 Å². The van der Waals surface area contributed by atoms with E-state index in [0.29, 0.717) is 24.1 Å². The summed E-state index contributed by atoms with van der Waals surface area (Å²) in [5.41, 5.74) is 1.62. The van der Waals surface area contributed by atoms with Crippen molar-refractivity contribution in [3.63, 3.8) is 0 Å². The molecule has 0 saturated carbocycles. The normalized spacial score (nSPS) is 14.3. The Morgan fingerprint density at radius 3 is 2.65 bits per heavy atom. The zero-order valence-electron chi connectivity index (χ0n) is 14.9. The van der Waals surface area contributed by atoms with Gasteiger partial charge in [0.2, 0.25) is 5.91 Å². The molecule has 0 bridgehead atoms. The molecule has 2 N–H and O–H groups in total. The minimum atomic E-state index is 0. The minimum absolute atomic E-state index is 0. The fourth-order valence-corrected chi connectivity index (χ4v) is 2.92. The number of nitrogens with zero attached hydrogens (tertiary/aromatic N) is 2. The Morgan fingerprint density at radius 1 is 1.23 bits per heavy atom. The molecular weight excluding hydrogens is 352 g/mol. The zero-order valence-corrected chi connectivity index (χ0v) is 15.7. The number of amides is 1. The Labute approximate surface area is 160 Å². The van der Waals surface area contributed by atoms with Crippen LogP contribution in [0.15, 0.2) is 36.5 Å². The molecule has 0 unspecified atom stereocenters. The van der Waals surface area contributed by atoms with Crippen molar-refractivity contribution < 1.29 is 9.53 Å². The molecule has 2 heterocycles. The number of hydrogen-bond acceptors (Lipinski definition) is 5. The van der Waals surface area contributed by atoms with Crippen LogP contribution in [0.2, 0.25) is 0 Å². The number of carbonyl (C=O) groups excluding carboxylic acids is 1. The second-order valence-corrected chi connectivity index (χ2v) is 6.39. The van der Waals surface area contributed by atoms with Gasteiger partial charge in [0.1, 0.15) is 5.75 Å². The van der Waals surface area contributed by atoms with Gasteiger partial charge in [0.05, 0.1) is 0 Å². The molecular formula is C19H25ClN4O2. The van der Waals surface area contributed by atoms with E-state index in [1.807, 2.05) is 25.1 Å². The molecule has 2 aromatic rings. The third kappa shape index (κ3) is 6.28. The van der Waals surface area contributed by atoms with Gasteiger partial charge in [0, 0.05) is 24.0 Å². The lowest BCUT2D eigenvalue weighted by Gasteiger charge is -2.22.